The minimum atomic E-state index is -0.869. The lowest BCUT2D eigenvalue weighted by Gasteiger charge is -2.19. The number of amides is 3. The molecule has 3 aromatic carbocycles. The highest BCUT2D eigenvalue weighted by Gasteiger charge is 2.30. The van der Waals surface area contributed by atoms with Gasteiger partial charge in [-0.1, -0.05) is 61.5 Å². The van der Waals surface area contributed by atoms with Crippen molar-refractivity contribution in [1.82, 2.24) is 10.5 Å². The molecule has 0 saturated carbocycles. The van der Waals surface area contributed by atoms with Crippen LogP contribution in [0.2, 0.25) is 0 Å². The van der Waals surface area contributed by atoms with E-state index in [0.717, 1.165) is 0 Å². The number of anilines is 2. The number of hydrogen-bond donors (Lipinski definition) is 3. The summed E-state index contributed by atoms with van der Waals surface area (Å²) < 4.78 is 23.4. The van der Waals surface area contributed by atoms with Gasteiger partial charge in [0, 0.05) is 16.9 Å². The molecule has 0 bridgehead atoms. The third-order valence-corrected chi connectivity index (χ3v) is 5.89. The van der Waals surface area contributed by atoms with E-state index in [2.05, 4.69) is 21.1 Å². The quantitative estimate of drug-likeness (QED) is 0.251. The third kappa shape index (κ3) is 6.48. The van der Waals surface area contributed by atoms with Gasteiger partial charge in [0.15, 0.2) is 0 Å². The van der Waals surface area contributed by atoms with E-state index in [4.69, 9.17) is 9.26 Å². The maximum atomic E-state index is 13.2. The summed E-state index contributed by atoms with van der Waals surface area (Å²) >= 11 is 0. The lowest BCUT2D eigenvalue weighted by atomic mass is 9.98. The Kier molecular flexibility index (Phi) is 8.35. The van der Waals surface area contributed by atoms with Gasteiger partial charge in [-0.3, -0.25) is 4.79 Å². The van der Waals surface area contributed by atoms with Gasteiger partial charge in [0.2, 0.25) is 5.76 Å². The van der Waals surface area contributed by atoms with E-state index in [1.807, 2.05) is 30.3 Å². The van der Waals surface area contributed by atoms with Gasteiger partial charge in [-0.15, -0.1) is 0 Å². The SMILES string of the molecule is COC(=O)[C@@H](NC(=O)c1onc(-c2ccc(NC(=O)Nc3ccc(F)cc3)cc2)c1-c1ccccc1)C(C)C. The highest BCUT2D eigenvalue weighted by Crippen LogP contribution is 2.35. The Bertz CT molecular complexity index is 1450. The average molecular weight is 531 g/mol. The van der Waals surface area contributed by atoms with Crippen molar-refractivity contribution < 1.29 is 28.0 Å². The van der Waals surface area contributed by atoms with E-state index in [9.17, 15) is 18.8 Å². The molecule has 0 saturated heterocycles. The maximum Gasteiger partial charge on any atom is 0.328 e. The summed E-state index contributed by atoms with van der Waals surface area (Å²) in [5.41, 5.74) is 3.13. The standard InChI is InChI=1S/C29H27FN4O5/c1-17(2)24(28(36)38-3)33-27(35)26-23(18-7-5-4-6-8-18)25(34-39-26)19-9-13-21(14-10-19)31-29(37)32-22-15-11-20(30)12-16-22/h4-17,24H,1-3H3,(H,33,35)(H2,31,32,37)/t24-/m0/s1. The van der Waals surface area contributed by atoms with Crippen molar-refractivity contribution in [2.24, 2.45) is 5.92 Å². The van der Waals surface area contributed by atoms with Crippen LogP contribution < -0.4 is 16.0 Å². The second kappa shape index (κ2) is 12.0. The Morgan fingerprint density at radius 3 is 2.00 bits per heavy atom. The second-order valence-electron chi connectivity index (χ2n) is 8.98. The summed E-state index contributed by atoms with van der Waals surface area (Å²) in [6.07, 6.45) is 0. The van der Waals surface area contributed by atoms with Crippen LogP contribution in [0.4, 0.5) is 20.6 Å². The van der Waals surface area contributed by atoms with Crippen LogP contribution in [-0.4, -0.2) is 36.2 Å². The summed E-state index contributed by atoms with van der Waals surface area (Å²) in [4.78, 5) is 37.8. The highest BCUT2D eigenvalue weighted by molar-refractivity contribution is 6.03. The van der Waals surface area contributed by atoms with Gasteiger partial charge in [-0.25, -0.2) is 14.0 Å². The number of aromatic nitrogens is 1. The molecule has 0 aliphatic heterocycles. The number of halogens is 1. The first kappa shape index (κ1) is 27.1. The number of benzene rings is 3. The third-order valence-electron chi connectivity index (χ3n) is 5.89. The molecular weight excluding hydrogens is 503 g/mol. The molecule has 0 unspecified atom stereocenters. The van der Waals surface area contributed by atoms with Gasteiger partial charge >= 0.3 is 12.0 Å². The van der Waals surface area contributed by atoms with Gasteiger partial charge in [-0.2, -0.15) is 0 Å². The number of methoxy groups -OCH3 is 1. The minimum absolute atomic E-state index is 0.0494. The molecule has 4 aromatic rings. The van der Waals surface area contributed by atoms with Crippen LogP contribution in [0.3, 0.4) is 0 Å². The summed E-state index contributed by atoms with van der Waals surface area (Å²) in [5, 5.41) is 12.2. The fourth-order valence-electron chi connectivity index (χ4n) is 3.88. The highest BCUT2D eigenvalue weighted by atomic mass is 19.1. The molecule has 0 spiro atoms. The topological polar surface area (TPSA) is 123 Å². The second-order valence-corrected chi connectivity index (χ2v) is 8.98. The minimum Gasteiger partial charge on any atom is -0.467 e. The van der Waals surface area contributed by atoms with E-state index < -0.39 is 29.8 Å². The van der Waals surface area contributed by atoms with Crippen LogP contribution in [0, 0.1) is 11.7 Å². The summed E-state index contributed by atoms with van der Waals surface area (Å²) in [6.45, 7) is 3.59. The van der Waals surface area contributed by atoms with Crippen LogP contribution in [0.5, 0.6) is 0 Å². The fourth-order valence-corrected chi connectivity index (χ4v) is 3.88. The molecule has 3 amide bonds. The first-order valence-electron chi connectivity index (χ1n) is 12.1. The zero-order chi connectivity index (χ0) is 27.9. The molecule has 1 heterocycles. The largest absolute Gasteiger partial charge is 0.467 e. The molecule has 39 heavy (non-hydrogen) atoms. The summed E-state index contributed by atoms with van der Waals surface area (Å²) in [6, 6.07) is 20.0. The van der Waals surface area contributed by atoms with E-state index in [1.54, 1.807) is 38.1 Å². The molecule has 1 aromatic heterocycles. The van der Waals surface area contributed by atoms with Crippen LogP contribution in [0.15, 0.2) is 83.4 Å². The molecule has 9 nitrogen and oxygen atoms in total. The molecule has 0 radical (unpaired) electrons. The van der Waals surface area contributed by atoms with Crippen LogP contribution in [0.25, 0.3) is 22.4 Å². The van der Waals surface area contributed by atoms with Crippen LogP contribution >= 0.6 is 0 Å². The van der Waals surface area contributed by atoms with E-state index in [0.29, 0.717) is 33.8 Å². The number of rotatable bonds is 8. The Balaban J connectivity index is 1.59. The number of ether oxygens (including phenoxy) is 1. The number of urea groups is 1. The van der Waals surface area contributed by atoms with Crippen molar-refractivity contribution in [3.8, 4) is 22.4 Å². The van der Waals surface area contributed by atoms with Gasteiger partial charge in [-0.05, 0) is 47.9 Å². The average Bonchev–Trinajstić information content (AvgIpc) is 3.38. The molecule has 3 N–H and O–H groups in total. The Hall–Kier alpha value is -4.99. The van der Waals surface area contributed by atoms with Crippen molar-refractivity contribution in [2.75, 3.05) is 17.7 Å². The predicted octanol–water partition coefficient (Wildman–Crippen LogP) is 5.72. The fraction of sp³-hybridized carbons (Fsp3) is 0.172. The first-order valence-corrected chi connectivity index (χ1v) is 12.1. The van der Waals surface area contributed by atoms with Gasteiger partial charge in [0.1, 0.15) is 17.6 Å². The van der Waals surface area contributed by atoms with Crippen LogP contribution in [0.1, 0.15) is 24.4 Å². The number of nitrogens with one attached hydrogen (secondary N) is 3. The molecular formula is C29H27FN4O5. The van der Waals surface area contributed by atoms with E-state index >= 15 is 0 Å². The number of carbonyl (C=O) groups excluding carboxylic acids is 3. The predicted molar refractivity (Wildman–Crippen MR) is 145 cm³/mol. The number of carbonyl (C=O) groups is 3. The molecule has 0 aliphatic carbocycles. The van der Waals surface area contributed by atoms with Crippen molar-refractivity contribution >= 4 is 29.3 Å². The lowest BCUT2D eigenvalue weighted by molar-refractivity contribution is -0.144. The molecule has 200 valence electrons. The molecule has 4 rings (SSSR count). The zero-order valence-electron chi connectivity index (χ0n) is 21.5. The number of nitrogens with zero attached hydrogens (tertiary/aromatic N) is 1. The van der Waals surface area contributed by atoms with E-state index in [-0.39, 0.29) is 11.7 Å². The molecule has 10 heteroatoms. The van der Waals surface area contributed by atoms with E-state index in [1.165, 1.54) is 31.4 Å². The Morgan fingerprint density at radius 2 is 1.44 bits per heavy atom. The Morgan fingerprint density at radius 1 is 0.846 bits per heavy atom. The molecule has 1 atom stereocenters. The van der Waals surface area contributed by atoms with Gasteiger partial charge in [0.25, 0.3) is 5.91 Å². The van der Waals surface area contributed by atoms with Crippen molar-refractivity contribution in [3.05, 3.63) is 90.4 Å². The Labute approximate surface area is 224 Å². The molecule has 0 fully saturated rings. The number of hydrogen-bond acceptors (Lipinski definition) is 6. The summed E-state index contributed by atoms with van der Waals surface area (Å²) in [7, 11) is 1.26. The summed E-state index contributed by atoms with van der Waals surface area (Å²) in [5.74, 6) is -1.84. The normalized spacial score (nSPS) is 11.5. The van der Waals surface area contributed by atoms with Gasteiger partial charge < -0.3 is 25.2 Å². The van der Waals surface area contributed by atoms with Crippen LogP contribution in [-0.2, 0) is 9.53 Å². The number of esters is 1. The monoisotopic (exact) mass is 530 g/mol. The maximum absolute atomic E-state index is 13.2. The van der Waals surface area contributed by atoms with Gasteiger partial charge in [0.05, 0.1) is 12.7 Å². The van der Waals surface area contributed by atoms with Crippen molar-refractivity contribution in [3.63, 3.8) is 0 Å². The zero-order valence-corrected chi connectivity index (χ0v) is 21.5. The lowest BCUT2D eigenvalue weighted by Crippen LogP contribution is -2.45. The van der Waals surface area contributed by atoms with Crippen molar-refractivity contribution in [1.29, 1.82) is 0 Å². The molecule has 0 aliphatic rings. The smallest absolute Gasteiger partial charge is 0.328 e. The first-order chi connectivity index (χ1) is 18.8. The van der Waals surface area contributed by atoms with Crippen molar-refractivity contribution in [2.45, 2.75) is 19.9 Å².